The summed E-state index contributed by atoms with van der Waals surface area (Å²) >= 11 is 7.16. The molecule has 2 atom stereocenters. The van der Waals surface area contributed by atoms with Crippen LogP contribution in [0.1, 0.15) is 219 Å². The zero-order valence-electron chi connectivity index (χ0n) is 41.0. The maximum absolute atomic E-state index is 15.2. The van der Waals surface area contributed by atoms with Gasteiger partial charge in [0.25, 0.3) is 11.8 Å². The first-order valence-electron chi connectivity index (χ1n) is 26.4. The number of nitrogens with zero attached hydrogens (tertiary/aromatic N) is 2. The van der Waals surface area contributed by atoms with Gasteiger partial charge >= 0.3 is 0 Å². The van der Waals surface area contributed by atoms with Crippen molar-refractivity contribution in [1.82, 2.24) is 0 Å². The Bertz CT molecular complexity index is 1990. The summed E-state index contributed by atoms with van der Waals surface area (Å²) in [7, 11) is 0. The van der Waals surface area contributed by atoms with Crippen molar-refractivity contribution in [1.29, 1.82) is 0 Å². The van der Waals surface area contributed by atoms with Gasteiger partial charge in [0.1, 0.15) is 0 Å². The molecule has 66 heavy (non-hydrogen) atoms. The number of anilines is 2. The Kier molecular flexibility index (Phi) is 23.4. The van der Waals surface area contributed by atoms with Crippen LogP contribution in [0.25, 0.3) is 11.1 Å². The van der Waals surface area contributed by atoms with Crippen molar-refractivity contribution in [2.45, 2.75) is 207 Å². The molecule has 3 aromatic rings. The summed E-state index contributed by atoms with van der Waals surface area (Å²) in [5.74, 6) is -1.58. The van der Waals surface area contributed by atoms with Gasteiger partial charge in [-0.15, -0.1) is 0 Å². The fourth-order valence-corrected chi connectivity index (χ4v) is 10.6. The summed E-state index contributed by atoms with van der Waals surface area (Å²) in [5.41, 5.74) is 3.27. The monoisotopic (exact) mass is 1030 g/mol. The molecule has 5 rings (SSSR count). The van der Waals surface area contributed by atoms with Gasteiger partial charge in [-0.3, -0.25) is 19.2 Å². The molecule has 0 spiro atoms. The third kappa shape index (κ3) is 14.8. The lowest BCUT2D eigenvalue weighted by molar-refractivity contribution is -0.128. The third-order valence-corrected chi connectivity index (χ3v) is 15.1. The van der Waals surface area contributed by atoms with Gasteiger partial charge in [0.15, 0.2) is 0 Å². The number of amides is 4. The van der Waals surface area contributed by atoms with Crippen LogP contribution in [0.2, 0.25) is 0 Å². The Morgan fingerprint density at radius 1 is 0.409 bits per heavy atom. The number of carbonyl (C=O) groups excluding carboxylic acids is 4. The van der Waals surface area contributed by atoms with Crippen LogP contribution in [0, 0.1) is 11.8 Å². The number of rotatable bonds is 32. The second-order valence-electron chi connectivity index (χ2n) is 19.2. The average Bonchev–Trinajstić information content (AvgIpc) is 3.76. The van der Waals surface area contributed by atoms with E-state index in [0.717, 1.165) is 125 Å². The zero-order valence-corrected chi connectivity index (χ0v) is 44.2. The van der Waals surface area contributed by atoms with Crippen LogP contribution >= 0.6 is 31.9 Å². The summed E-state index contributed by atoms with van der Waals surface area (Å²) in [6, 6.07) is 19.1. The Morgan fingerprint density at radius 2 is 0.667 bits per heavy atom. The number of halogens is 2. The van der Waals surface area contributed by atoms with Crippen LogP contribution in [0.4, 0.5) is 11.4 Å². The molecule has 3 aromatic carbocycles. The predicted octanol–water partition coefficient (Wildman–Crippen LogP) is 15.6. The van der Waals surface area contributed by atoms with Gasteiger partial charge in [-0.1, -0.05) is 238 Å². The van der Waals surface area contributed by atoms with Crippen LogP contribution in [0.5, 0.6) is 0 Å². The molecule has 0 saturated carbocycles. The quantitative estimate of drug-likeness (QED) is 0.0584. The smallest absolute Gasteiger partial charge is 0.266 e. The van der Waals surface area contributed by atoms with E-state index >= 15 is 19.2 Å². The maximum atomic E-state index is 15.2. The van der Waals surface area contributed by atoms with E-state index in [9.17, 15) is 0 Å². The fourth-order valence-electron chi connectivity index (χ4n) is 10.1. The minimum absolute atomic E-state index is 0.157. The summed E-state index contributed by atoms with van der Waals surface area (Å²) < 4.78 is 1.77. The molecule has 0 bridgehead atoms. The second-order valence-corrected chi connectivity index (χ2v) is 21.1. The number of unbranched alkanes of at least 4 members (excludes halogenated alkanes) is 20. The highest BCUT2D eigenvalue weighted by Gasteiger charge is 2.42. The molecular weight excluding hydrogens is 948 g/mol. The molecule has 0 aromatic heterocycles. The van der Waals surface area contributed by atoms with E-state index in [0.29, 0.717) is 44.1 Å². The minimum atomic E-state index is -0.338. The molecule has 2 heterocycles. The Balaban J connectivity index is 1.60. The Morgan fingerprint density at radius 3 is 0.939 bits per heavy atom. The highest BCUT2D eigenvalue weighted by molar-refractivity contribution is 9.10. The molecule has 0 saturated heterocycles. The van der Waals surface area contributed by atoms with Crippen LogP contribution in [0.15, 0.2) is 69.6 Å². The first-order valence-corrected chi connectivity index (χ1v) is 28.0. The normalized spacial score (nSPS) is 14.3. The van der Waals surface area contributed by atoms with Crippen LogP contribution in [-0.2, 0) is 19.2 Å². The summed E-state index contributed by atoms with van der Waals surface area (Å²) in [6.07, 6.45) is 30.2. The molecule has 4 amide bonds. The molecule has 2 aliphatic rings. The van der Waals surface area contributed by atoms with Crippen molar-refractivity contribution in [3.8, 4) is 0 Å². The van der Waals surface area contributed by atoms with Crippen molar-refractivity contribution in [2.24, 2.45) is 11.8 Å². The van der Waals surface area contributed by atoms with E-state index in [1.165, 1.54) is 74.0 Å². The van der Waals surface area contributed by atoms with Crippen LogP contribution < -0.4 is 20.2 Å². The van der Waals surface area contributed by atoms with Gasteiger partial charge in [-0.25, -0.2) is 9.80 Å². The van der Waals surface area contributed by atoms with E-state index in [1.54, 1.807) is 0 Å². The molecule has 0 N–H and O–H groups in total. The summed E-state index contributed by atoms with van der Waals surface area (Å²) in [6.45, 7) is 8.90. The van der Waals surface area contributed by atoms with E-state index in [2.05, 4.69) is 59.6 Å². The highest BCUT2D eigenvalue weighted by atomic mass is 79.9. The topological polar surface area (TPSA) is 74.8 Å². The molecule has 6 nitrogen and oxygen atoms in total. The molecule has 8 heteroatoms. The Labute approximate surface area is 415 Å². The van der Waals surface area contributed by atoms with E-state index in [-0.39, 0.29) is 35.5 Å². The van der Waals surface area contributed by atoms with Crippen molar-refractivity contribution < 1.29 is 19.2 Å². The molecule has 0 aliphatic carbocycles. The molecule has 2 aliphatic heterocycles. The lowest BCUT2D eigenvalue weighted by atomic mass is 9.92. The molecule has 2 unspecified atom stereocenters. The van der Waals surface area contributed by atoms with Gasteiger partial charge in [0.2, 0.25) is 11.8 Å². The first kappa shape index (κ1) is 53.6. The molecular formula is C58H80Br2N2O4. The van der Waals surface area contributed by atoms with Crippen molar-refractivity contribution in [3.05, 3.63) is 91.2 Å². The lowest BCUT2D eigenvalue weighted by Crippen LogP contribution is -2.41. The van der Waals surface area contributed by atoms with Crippen molar-refractivity contribution >= 4 is 78.0 Å². The van der Waals surface area contributed by atoms with Gasteiger partial charge in [-0.05, 0) is 73.2 Å². The lowest BCUT2D eigenvalue weighted by Gasteiger charge is -2.25. The Hall–Kier alpha value is -3.36. The molecule has 360 valence electrons. The second kappa shape index (κ2) is 28.8. The van der Waals surface area contributed by atoms with Gasteiger partial charge < -0.3 is 0 Å². The van der Waals surface area contributed by atoms with Crippen molar-refractivity contribution in [2.75, 3.05) is 9.80 Å². The van der Waals surface area contributed by atoms with E-state index in [4.69, 9.17) is 0 Å². The SMILES string of the molecule is CCCCCCCCCC(CCCCCCC)C(=O)N1C(=O)C(c2ccc(Br)cc2)=c2cc3c(cc21)=C(c1ccc(Br)cc1)C(=O)N3C(=O)C(CCCCCCC)CCCCCCCCC. The van der Waals surface area contributed by atoms with Crippen molar-refractivity contribution in [3.63, 3.8) is 0 Å². The van der Waals surface area contributed by atoms with Gasteiger partial charge in [0.05, 0.1) is 22.5 Å². The number of carbonyl (C=O) groups is 4. The van der Waals surface area contributed by atoms with E-state index < -0.39 is 0 Å². The number of hydrogen-bond acceptors (Lipinski definition) is 4. The standard InChI is InChI=1S/C58H80Br2N2O4/c1-5-9-13-17-19-23-27-31-45(29-25-21-15-11-7-3)55(63)61-51-41-50-52(42-49(51)53(57(61)65)43-33-37-47(59)38-34-43)62(58(66)54(50)44-35-39-48(60)40-36-44)56(64)46(30-26-22-16-12-8-4)32-28-24-20-18-14-10-6-2/h33-42,45-46H,5-32H2,1-4H3. The third-order valence-electron chi connectivity index (χ3n) is 14.0. The highest BCUT2D eigenvalue weighted by Crippen LogP contribution is 2.35. The van der Waals surface area contributed by atoms with E-state index in [1.807, 2.05) is 60.7 Å². The number of imide groups is 2. The first-order chi connectivity index (χ1) is 32.2. The summed E-state index contributed by atoms with van der Waals surface area (Å²) in [5, 5.41) is 1.19. The molecule has 0 radical (unpaired) electrons. The maximum Gasteiger partial charge on any atom is 0.266 e. The fraction of sp³-hybridized carbons (Fsp3) is 0.586. The largest absolute Gasteiger partial charge is 0.274 e. The van der Waals surface area contributed by atoms with Gasteiger partial charge in [-0.2, -0.15) is 0 Å². The molecule has 0 fully saturated rings. The van der Waals surface area contributed by atoms with Crippen LogP contribution in [0.3, 0.4) is 0 Å². The van der Waals surface area contributed by atoms with Gasteiger partial charge in [0, 0.05) is 31.2 Å². The minimum Gasteiger partial charge on any atom is -0.274 e. The van der Waals surface area contributed by atoms with Crippen LogP contribution in [-0.4, -0.2) is 23.6 Å². The summed E-state index contributed by atoms with van der Waals surface area (Å²) in [4.78, 5) is 63.5. The number of fused-ring (bicyclic) bond motifs is 2. The average molecular weight is 1030 g/mol. The number of benzene rings is 3. The zero-order chi connectivity index (χ0) is 47.3. The predicted molar refractivity (Wildman–Crippen MR) is 283 cm³/mol. The number of hydrogen-bond donors (Lipinski definition) is 0.